The molecule has 0 aliphatic carbocycles. The van der Waals surface area contributed by atoms with Crippen molar-refractivity contribution in [3.63, 3.8) is 0 Å². The maximum atomic E-state index is 5.98. The molecular formula is C20H29N5O2. The number of nitrogens with one attached hydrogen (secondary N) is 2. The Morgan fingerprint density at radius 3 is 2.67 bits per heavy atom. The van der Waals surface area contributed by atoms with Gasteiger partial charge in [-0.05, 0) is 45.3 Å². The molecule has 1 aliphatic rings. The lowest BCUT2D eigenvalue weighted by atomic mass is 10.3. The number of aromatic nitrogens is 2. The third kappa shape index (κ3) is 5.47. The number of methoxy groups -OCH3 is 1. The lowest BCUT2D eigenvalue weighted by Crippen LogP contribution is -2.21. The molecule has 0 radical (unpaired) electrons. The van der Waals surface area contributed by atoms with Crippen molar-refractivity contribution in [1.29, 1.82) is 0 Å². The van der Waals surface area contributed by atoms with Crippen LogP contribution >= 0.6 is 0 Å². The van der Waals surface area contributed by atoms with Crippen molar-refractivity contribution in [3.05, 3.63) is 30.1 Å². The molecule has 1 aliphatic heterocycles. The van der Waals surface area contributed by atoms with Gasteiger partial charge >= 0.3 is 0 Å². The molecule has 0 aromatic carbocycles. The molecule has 27 heavy (non-hydrogen) atoms. The van der Waals surface area contributed by atoms with E-state index in [-0.39, 0.29) is 0 Å². The lowest BCUT2D eigenvalue weighted by molar-refractivity contribution is 0.254. The van der Waals surface area contributed by atoms with Gasteiger partial charge in [0.1, 0.15) is 11.6 Å². The SMILES string of the molecule is CNc1cc(Nc2cc(OCCCN3CCCC3)c(OC)cn2)cc(C)n1. The Balaban J connectivity index is 1.62. The molecule has 0 spiro atoms. The predicted molar refractivity (Wildman–Crippen MR) is 108 cm³/mol. The largest absolute Gasteiger partial charge is 0.491 e. The van der Waals surface area contributed by atoms with Crippen LogP contribution in [0.3, 0.4) is 0 Å². The Kier molecular flexibility index (Phi) is 6.70. The summed E-state index contributed by atoms with van der Waals surface area (Å²) in [6.45, 7) is 6.14. The third-order valence-corrected chi connectivity index (χ3v) is 4.61. The number of anilines is 3. The molecule has 0 unspecified atom stereocenters. The van der Waals surface area contributed by atoms with E-state index in [1.165, 1.54) is 25.9 Å². The van der Waals surface area contributed by atoms with Crippen LogP contribution in [0.1, 0.15) is 25.0 Å². The first-order valence-corrected chi connectivity index (χ1v) is 9.50. The summed E-state index contributed by atoms with van der Waals surface area (Å²) >= 11 is 0. The molecule has 2 aromatic rings. The van der Waals surface area contributed by atoms with Crippen LogP contribution in [0.4, 0.5) is 17.3 Å². The zero-order valence-electron chi connectivity index (χ0n) is 16.4. The van der Waals surface area contributed by atoms with Gasteiger partial charge in [-0.2, -0.15) is 0 Å². The van der Waals surface area contributed by atoms with Crippen molar-refractivity contribution >= 4 is 17.3 Å². The highest BCUT2D eigenvalue weighted by molar-refractivity contribution is 5.62. The number of aryl methyl sites for hydroxylation is 1. The van der Waals surface area contributed by atoms with Gasteiger partial charge in [0.05, 0.1) is 19.9 Å². The van der Waals surface area contributed by atoms with E-state index in [1.807, 2.05) is 32.2 Å². The molecule has 7 heteroatoms. The van der Waals surface area contributed by atoms with Crippen molar-refractivity contribution in [3.8, 4) is 11.5 Å². The minimum Gasteiger partial charge on any atom is -0.491 e. The lowest BCUT2D eigenvalue weighted by Gasteiger charge is -2.16. The van der Waals surface area contributed by atoms with Gasteiger partial charge in [-0.15, -0.1) is 0 Å². The standard InChI is InChI=1S/C20H29N5O2/c1-15-11-16(12-19(21-2)23-15)24-20-13-17(18(26-3)14-22-20)27-10-6-9-25-7-4-5-8-25/h11-14H,4-10H2,1-3H3,(H2,21,22,23,24). The Bertz CT molecular complexity index is 747. The molecule has 2 aromatic heterocycles. The van der Waals surface area contributed by atoms with Gasteiger partial charge in [-0.25, -0.2) is 9.97 Å². The second-order valence-corrected chi connectivity index (χ2v) is 6.73. The van der Waals surface area contributed by atoms with E-state index < -0.39 is 0 Å². The molecule has 2 N–H and O–H groups in total. The summed E-state index contributed by atoms with van der Waals surface area (Å²) < 4.78 is 11.4. The van der Waals surface area contributed by atoms with Crippen LogP contribution in [0.2, 0.25) is 0 Å². The van der Waals surface area contributed by atoms with E-state index in [9.17, 15) is 0 Å². The third-order valence-electron chi connectivity index (χ3n) is 4.61. The summed E-state index contributed by atoms with van der Waals surface area (Å²) in [6.07, 6.45) is 5.32. The minimum absolute atomic E-state index is 0.642. The fourth-order valence-corrected chi connectivity index (χ4v) is 3.25. The van der Waals surface area contributed by atoms with Gasteiger partial charge in [0.15, 0.2) is 11.5 Å². The average molecular weight is 371 g/mol. The predicted octanol–water partition coefficient (Wildman–Crippen LogP) is 3.44. The Morgan fingerprint density at radius 2 is 1.93 bits per heavy atom. The summed E-state index contributed by atoms with van der Waals surface area (Å²) in [5.41, 5.74) is 1.85. The van der Waals surface area contributed by atoms with Crippen LogP contribution in [0, 0.1) is 6.92 Å². The van der Waals surface area contributed by atoms with Crippen LogP contribution < -0.4 is 20.1 Å². The number of pyridine rings is 2. The number of hydrogen-bond acceptors (Lipinski definition) is 7. The second kappa shape index (κ2) is 9.41. The van der Waals surface area contributed by atoms with E-state index in [1.54, 1.807) is 13.3 Å². The maximum Gasteiger partial charge on any atom is 0.179 e. The number of likely N-dealkylation sites (tertiary alicyclic amines) is 1. The molecule has 0 saturated carbocycles. The Morgan fingerprint density at radius 1 is 1.11 bits per heavy atom. The van der Waals surface area contributed by atoms with Gasteiger partial charge in [0.25, 0.3) is 0 Å². The summed E-state index contributed by atoms with van der Waals surface area (Å²) in [7, 11) is 3.48. The highest BCUT2D eigenvalue weighted by Crippen LogP contribution is 2.30. The van der Waals surface area contributed by atoms with Crippen LogP contribution in [0.5, 0.6) is 11.5 Å². The molecule has 146 valence electrons. The number of nitrogens with zero attached hydrogens (tertiary/aromatic N) is 3. The van der Waals surface area contributed by atoms with Crippen molar-refractivity contribution in [2.75, 3.05) is 51.0 Å². The van der Waals surface area contributed by atoms with Crippen molar-refractivity contribution in [2.45, 2.75) is 26.2 Å². The molecule has 3 rings (SSSR count). The summed E-state index contributed by atoms with van der Waals surface area (Å²) in [5.74, 6) is 2.86. The molecule has 0 bridgehead atoms. The first kappa shape index (κ1) is 19.2. The zero-order chi connectivity index (χ0) is 19.1. The normalized spacial score (nSPS) is 14.2. The highest BCUT2D eigenvalue weighted by Gasteiger charge is 2.12. The molecule has 7 nitrogen and oxygen atoms in total. The fraction of sp³-hybridized carbons (Fsp3) is 0.500. The van der Waals surface area contributed by atoms with Crippen LogP contribution in [0.15, 0.2) is 24.4 Å². The number of ether oxygens (including phenoxy) is 2. The van der Waals surface area contributed by atoms with Crippen molar-refractivity contribution in [2.24, 2.45) is 0 Å². The molecule has 1 saturated heterocycles. The molecule has 3 heterocycles. The van der Waals surface area contributed by atoms with Gasteiger partial charge in [0.2, 0.25) is 0 Å². The monoisotopic (exact) mass is 371 g/mol. The molecular weight excluding hydrogens is 342 g/mol. The first-order valence-electron chi connectivity index (χ1n) is 9.50. The van der Waals surface area contributed by atoms with Gasteiger partial charge < -0.3 is 25.0 Å². The van der Waals surface area contributed by atoms with Gasteiger partial charge in [-0.1, -0.05) is 0 Å². The smallest absolute Gasteiger partial charge is 0.179 e. The van der Waals surface area contributed by atoms with Gasteiger partial charge in [0, 0.05) is 37.1 Å². The highest BCUT2D eigenvalue weighted by atomic mass is 16.5. The number of rotatable bonds is 9. The quantitative estimate of drug-likeness (QED) is 0.654. The fourth-order valence-electron chi connectivity index (χ4n) is 3.25. The minimum atomic E-state index is 0.642. The van der Waals surface area contributed by atoms with E-state index in [4.69, 9.17) is 9.47 Å². The molecule has 0 atom stereocenters. The topological polar surface area (TPSA) is 71.5 Å². The van der Waals surface area contributed by atoms with Gasteiger partial charge in [-0.3, -0.25) is 0 Å². The molecule has 0 amide bonds. The van der Waals surface area contributed by atoms with E-state index in [2.05, 4.69) is 25.5 Å². The number of hydrogen-bond donors (Lipinski definition) is 2. The Hall–Kier alpha value is -2.54. The molecule has 1 fully saturated rings. The van der Waals surface area contributed by atoms with Crippen LogP contribution in [-0.2, 0) is 0 Å². The zero-order valence-corrected chi connectivity index (χ0v) is 16.4. The van der Waals surface area contributed by atoms with Crippen LogP contribution in [-0.4, -0.2) is 55.3 Å². The average Bonchev–Trinajstić information content (AvgIpc) is 3.18. The maximum absolute atomic E-state index is 5.98. The van der Waals surface area contributed by atoms with Crippen LogP contribution in [0.25, 0.3) is 0 Å². The van der Waals surface area contributed by atoms with E-state index in [0.29, 0.717) is 23.9 Å². The second-order valence-electron chi connectivity index (χ2n) is 6.73. The summed E-state index contributed by atoms with van der Waals surface area (Å²) in [4.78, 5) is 11.3. The van der Waals surface area contributed by atoms with Crippen molar-refractivity contribution in [1.82, 2.24) is 14.9 Å². The van der Waals surface area contributed by atoms with E-state index in [0.717, 1.165) is 30.2 Å². The van der Waals surface area contributed by atoms with E-state index >= 15 is 0 Å². The summed E-state index contributed by atoms with van der Waals surface area (Å²) in [5, 5.41) is 6.37. The first-order chi connectivity index (χ1) is 13.2. The van der Waals surface area contributed by atoms with Crippen molar-refractivity contribution < 1.29 is 9.47 Å². The Labute approximate surface area is 161 Å². The summed E-state index contributed by atoms with van der Waals surface area (Å²) in [6, 6.07) is 5.79.